The lowest BCUT2D eigenvalue weighted by molar-refractivity contribution is 0.102. The first-order valence-electron chi connectivity index (χ1n) is 9.04. The lowest BCUT2D eigenvalue weighted by atomic mass is 10.0. The van der Waals surface area contributed by atoms with Gasteiger partial charge in [-0.3, -0.25) is 9.59 Å². The molecule has 29 heavy (non-hydrogen) atoms. The molecule has 0 unspecified atom stereocenters. The minimum atomic E-state index is -0.287. The molecule has 7 nitrogen and oxygen atoms in total. The van der Waals surface area contributed by atoms with Gasteiger partial charge in [-0.05, 0) is 45.8 Å². The lowest BCUT2D eigenvalue weighted by Gasteiger charge is -2.08. The number of benzene rings is 3. The van der Waals surface area contributed by atoms with Crippen molar-refractivity contribution in [3.63, 3.8) is 0 Å². The van der Waals surface area contributed by atoms with E-state index < -0.39 is 0 Å². The Balaban J connectivity index is 1.43. The van der Waals surface area contributed by atoms with Crippen molar-refractivity contribution in [2.75, 3.05) is 5.32 Å². The molecule has 4 aromatic rings. The van der Waals surface area contributed by atoms with Crippen molar-refractivity contribution in [1.29, 1.82) is 0 Å². The molecule has 0 atom stereocenters. The second-order valence-electron chi connectivity index (χ2n) is 6.80. The Morgan fingerprint density at radius 1 is 0.897 bits per heavy atom. The number of nitrogens with one attached hydrogen (secondary N) is 1. The molecule has 0 aliphatic heterocycles. The summed E-state index contributed by atoms with van der Waals surface area (Å²) < 4.78 is 1.56. The fraction of sp³-hybridized carbons (Fsp3) is 0.0455. The van der Waals surface area contributed by atoms with Gasteiger partial charge in [-0.15, -0.1) is 5.10 Å². The van der Waals surface area contributed by atoms with E-state index in [1.807, 2.05) is 42.5 Å². The van der Waals surface area contributed by atoms with Crippen molar-refractivity contribution in [3.05, 3.63) is 83.4 Å². The van der Waals surface area contributed by atoms with Crippen molar-refractivity contribution < 1.29 is 9.59 Å². The van der Waals surface area contributed by atoms with Crippen LogP contribution in [0.15, 0.2) is 66.7 Å². The van der Waals surface area contributed by atoms with E-state index >= 15 is 0 Å². The van der Waals surface area contributed by atoms with Crippen LogP contribution in [0, 0.1) is 0 Å². The van der Waals surface area contributed by atoms with Crippen LogP contribution in [0.2, 0.25) is 0 Å². The summed E-state index contributed by atoms with van der Waals surface area (Å²) >= 11 is 0. The van der Waals surface area contributed by atoms with Crippen molar-refractivity contribution in [1.82, 2.24) is 20.2 Å². The lowest BCUT2D eigenvalue weighted by Crippen LogP contribution is -2.12. The molecule has 0 radical (unpaired) electrons. The number of rotatable bonds is 3. The molecule has 1 aliphatic carbocycles. The largest absolute Gasteiger partial charge is 0.322 e. The molecule has 5 rings (SSSR count). The Kier molecular flexibility index (Phi) is 3.80. The summed E-state index contributed by atoms with van der Waals surface area (Å²) in [6, 6.07) is 20.0. The van der Waals surface area contributed by atoms with Gasteiger partial charge in [0, 0.05) is 35.0 Å². The number of hydrogen-bond donors (Lipinski definition) is 1. The zero-order valence-electron chi connectivity index (χ0n) is 15.5. The van der Waals surface area contributed by atoms with E-state index in [4.69, 9.17) is 0 Å². The number of ketones is 1. The van der Waals surface area contributed by atoms with Gasteiger partial charge in [-0.25, -0.2) is 4.68 Å². The van der Waals surface area contributed by atoms with E-state index in [0.29, 0.717) is 28.2 Å². The molecule has 1 amide bonds. The number of carbonyl (C=O) groups is 2. The summed E-state index contributed by atoms with van der Waals surface area (Å²) in [7, 11) is 1.75. The molecular weight excluding hydrogens is 366 g/mol. The molecule has 140 valence electrons. The van der Waals surface area contributed by atoms with Crippen LogP contribution in [-0.2, 0) is 7.05 Å². The highest BCUT2D eigenvalue weighted by Gasteiger charge is 2.27. The van der Waals surface area contributed by atoms with Crippen LogP contribution in [0.1, 0.15) is 26.3 Å². The quantitative estimate of drug-likeness (QED) is 0.518. The number of amides is 1. The highest BCUT2D eigenvalue weighted by molar-refractivity contribution is 6.22. The van der Waals surface area contributed by atoms with Gasteiger partial charge in [0.2, 0.25) is 0 Å². The number of fused-ring (bicyclic) bond motifs is 3. The molecule has 1 heterocycles. The Morgan fingerprint density at radius 2 is 1.69 bits per heavy atom. The fourth-order valence-electron chi connectivity index (χ4n) is 3.58. The molecule has 1 aliphatic rings. The standard InChI is InChI=1S/C22H15N5O2/c1-27-21(24-25-26-27)13-5-4-6-15(11-13)23-22(29)14-9-10-17-16-7-2-3-8-18(16)20(28)19(17)12-14/h2-12H,1H3,(H,23,29). The maximum Gasteiger partial charge on any atom is 0.255 e. The second kappa shape index (κ2) is 6.49. The molecule has 0 saturated carbocycles. The van der Waals surface area contributed by atoms with Gasteiger partial charge in [0.25, 0.3) is 5.91 Å². The fourth-order valence-corrected chi connectivity index (χ4v) is 3.58. The minimum Gasteiger partial charge on any atom is -0.322 e. The van der Waals surface area contributed by atoms with Gasteiger partial charge in [0.15, 0.2) is 11.6 Å². The summed E-state index contributed by atoms with van der Waals surface area (Å²) in [5.41, 5.74) is 4.82. The zero-order valence-corrected chi connectivity index (χ0v) is 15.5. The molecule has 3 aromatic carbocycles. The Labute approximate surface area is 166 Å². The number of tetrazole rings is 1. The predicted octanol–water partition coefficient (Wildman–Crippen LogP) is 3.34. The van der Waals surface area contributed by atoms with Crippen LogP contribution in [0.25, 0.3) is 22.5 Å². The van der Waals surface area contributed by atoms with E-state index in [0.717, 1.165) is 16.7 Å². The third-order valence-electron chi connectivity index (χ3n) is 4.99. The molecular formula is C22H15N5O2. The van der Waals surface area contributed by atoms with Crippen molar-refractivity contribution in [3.8, 4) is 22.5 Å². The van der Waals surface area contributed by atoms with Crippen LogP contribution < -0.4 is 5.32 Å². The summed E-state index contributed by atoms with van der Waals surface area (Å²) in [5, 5.41) is 14.3. The first-order valence-corrected chi connectivity index (χ1v) is 9.04. The number of nitrogens with zero attached hydrogens (tertiary/aromatic N) is 4. The summed E-state index contributed by atoms with van der Waals surface area (Å²) in [5.74, 6) is 0.258. The highest BCUT2D eigenvalue weighted by Crippen LogP contribution is 2.36. The number of aromatic nitrogens is 4. The van der Waals surface area contributed by atoms with Crippen LogP contribution in [0.5, 0.6) is 0 Å². The van der Waals surface area contributed by atoms with E-state index in [-0.39, 0.29) is 11.7 Å². The van der Waals surface area contributed by atoms with Crippen LogP contribution in [0.3, 0.4) is 0 Å². The third-order valence-corrected chi connectivity index (χ3v) is 4.99. The molecule has 0 bridgehead atoms. The summed E-state index contributed by atoms with van der Waals surface area (Å²) in [4.78, 5) is 25.5. The molecule has 1 aromatic heterocycles. The monoisotopic (exact) mass is 381 g/mol. The maximum atomic E-state index is 12.8. The number of anilines is 1. The Hall–Kier alpha value is -4.13. The summed E-state index contributed by atoms with van der Waals surface area (Å²) in [6.07, 6.45) is 0. The molecule has 7 heteroatoms. The number of hydrogen-bond acceptors (Lipinski definition) is 5. The van der Waals surface area contributed by atoms with E-state index in [2.05, 4.69) is 20.8 Å². The predicted molar refractivity (Wildman–Crippen MR) is 107 cm³/mol. The van der Waals surface area contributed by atoms with E-state index in [9.17, 15) is 9.59 Å². The van der Waals surface area contributed by atoms with Crippen LogP contribution in [0.4, 0.5) is 5.69 Å². The molecule has 0 spiro atoms. The molecule has 0 saturated heterocycles. The topological polar surface area (TPSA) is 89.8 Å². The number of aryl methyl sites for hydroxylation is 1. The zero-order chi connectivity index (χ0) is 20.0. The second-order valence-corrected chi connectivity index (χ2v) is 6.80. The first kappa shape index (κ1) is 17.0. The van der Waals surface area contributed by atoms with Crippen molar-refractivity contribution in [2.45, 2.75) is 0 Å². The Morgan fingerprint density at radius 3 is 2.48 bits per heavy atom. The average Bonchev–Trinajstić information content (AvgIpc) is 3.30. The Bertz CT molecular complexity index is 1290. The van der Waals surface area contributed by atoms with E-state index in [1.165, 1.54) is 0 Å². The van der Waals surface area contributed by atoms with Crippen LogP contribution in [-0.4, -0.2) is 31.9 Å². The highest BCUT2D eigenvalue weighted by atomic mass is 16.1. The smallest absolute Gasteiger partial charge is 0.255 e. The van der Waals surface area contributed by atoms with Gasteiger partial charge < -0.3 is 5.32 Å². The molecule has 1 N–H and O–H groups in total. The van der Waals surface area contributed by atoms with Gasteiger partial charge in [-0.2, -0.15) is 0 Å². The van der Waals surface area contributed by atoms with Gasteiger partial charge in [0.1, 0.15) is 0 Å². The minimum absolute atomic E-state index is 0.0537. The van der Waals surface area contributed by atoms with Crippen molar-refractivity contribution >= 4 is 17.4 Å². The average molecular weight is 381 g/mol. The van der Waals surface area contributed by atoms with E-state index in [1.54, 1.807) is 36.0 Å². The van der Waals surface area contributed by atoms with Gasteiger partial charge in [0.05, 0.1) is 0 Å². The normalized spacial score (nSPS) is 11.8. The van der Waals surface area contributed by atoms with Gasteiger partial charge >= 0.3 is 0 Å². The maximum absolute atomic E-state index is 12.8. The first-order chi connectivity index (χ1) is 14.1. The molecule has 0 fully saturated rings. The third kappa shape index (κ3) is 2.80. The van der Waals surface area contributed by atoms with Crippen molar-refractivity contribution in [2.24, 2.45) is 7.05 Å². The number of carbonyl (C=O) groups excluding carboxylic acids is 2. The van der Waals surface area contributed by atoms with Gasteiger partial charge in [-0.1, -0.05) is 42.5 Å². The summed E-state index contributed by atoms with van der Waals surface area (Å²) in [6.45, 7) is 0. The van der Waals surface area contributed by atoms with Crippen LogP contribution >= 0.6 is 0 Å². The SMILES string of the molecule is Cn1nnnc1-c1cccc(NC(=O)c2ccc3c(c2)C(=O)c2ccccc2-3)c1.